The Morgan fingerprint density at radius 2 is 1.93 bits per heavy atom. The Morgan fingerprint density at radius 1 is 1.21 bits per heavy atom. The Labute approximate surface area is 169 Å². The van der Waals surface area contributed by atoms with Crippen LogP contribution in [0.25, 0.3) is 0 Å². The van der Waals surface area contributed by atoms with Crippen molar-refractivity contribution in [3.8, 4) is 0 Å². The van der Waals surface area contributed by atoms with Crippen molar-refractivity contribution in [3.63, 3.8) is 0 Å². The van der Waals surface area contributed by atoms with Gasteiger partial charge in [0.1, 0.15) is 5.69 Å². The molecule has 1 aromatic heterocycles. The van der Waals surface area contributed by atoms with Crippen LogP contribution < -0.4 is 15.5 Å². The van der Waals surface area contributed by atoms with E-state index in [1.54, 1.807) is 18.3 Å². The molecule has 2 aliphatic rings. The lowest BCUT2D eigenvalue weighted by atomic mass is 9.93. The number of amides is 1. The first-order chi connectivity index (χ1) is 14.0. The number of aromatic carboxylic acids is 1. The van der Waals surface area contributed by atoms with E-state index < -0.39 is 5.97 Å². The van der Waals surface area contributed by atoms with E-state index in [-0.39, 0.29) is 17.5 Å². The lowest BCUT2D eigenvalue weighted by Gasteiger charge is -2.38. The van der Waals surface area contributed by atoms with Gasteiger partial charge in [0.25, 0.3) is 0 Å². The number of fused-ring (bicyclic) bond motifs is 1. The van der Waals surface area contributed by atoms with Gasteiger partial charge in [0.05, 0.1) is 11.8 Å². The number of carboxylic acids is 1. The number of rotatable bonds is 4. The Hall–Kier alpha value is -3.16. The summed E-state index contributed by atoms with van der Waals surface area (Å²) in [6.07, 6.45) is 7.90. The molecule has 1 unspecified atom stereocenters. The van der Waals surface area contributed by atoms with E-state index >= 15 is 0 Å². The maximum atomic E-state index is 12.3. The Balaban J connectivity index is 1.65. The summed E-state index contributed by atoms with van der Waals surface area (Å²) in [7, 11) is 0. The molecule has 1 aliphatic carbocycles. The average Bonchev–Trinajstić information content (AvgIpc) is 2.83. The molecule has 8 nitrogen and oxygen atoms in total. The van der Waals surface area contributed by atoms with Gasteiger partial charge >= 0.3 is 5.97 Å². The van der Waals surface area contributed by atoms with Gasteiger partial charge < -0.3 is 20.6 Å². The maximum absolute atomic E-state index is 12.3. The van der Waals surface area contributed by atoms with E-state index in [4.69, 9.17) is 10.1 Å². The van der Waals surface area contributed by atoms with Crippen molar-refractivity contribution in [3.05, 3.63) is 36.0 Å². The van der Waals surface area contributed by atoms with Crippen LogP contribution in [-0.2, 0) is 4.79 Å². The SMILES string of the molecule is CC1CC(=O)Nc2cnc(Nc3ccc(C(=O)O)cc3)nc2N1C1CCCCC1. The molecule has 1 fully saturated rings. The molecule has 2 aromatic rings. The fraction of sp³-hybridized carbons (Fsp3) is 0.429. The fourth-order valence-electron chi connectivity index (χ4n) is 4.21. The van der Waals surface area contributed by atoms with Gasteiger partial charge in [0.15, 0.2) is 5.82 Å². The Bertz CT molecular complexity index is 909. The number of carboxylic acid groups (broad SMARTS) is 1. The van der Waals surface area contributed by atoms with Gasteiger partial charge in [0.2, 0.25) is 11.9 Å². The molecule has 3 N–H and O–H groups in total. The monoisotopic (exact) mass is 395 g/mol. The summed E-state index contributed by atoms with van der Waals surface area (Å²) in [6, 6.07) is 6.85. The van der Waals surface area contributed by atoms with Gasteiger partial charge in [-0.25, -0.2) is 9.78 Å². The predicted octanol–water partition coefficient (Wildman–Crippen LogP) is 3.79. The van der Waals surface area contributed by atoms with E-state index in [0.29, 0.717) is 29.8 Å². The molecule has 29 heavy (non-hydrogen) atoms. The topological polar surface area (TPSA) is 107 Å². The summed E-state index contributed by atoms with van der Waals surface area (Å²) in [6.45, 7) is 2.07. The van der Waals surface area contributed by atoms with Crippen molar-refractivity contribution in [2.24, 2.45) is 0 Å². The van der Waals surface area contributed by atoms with Crippen LogP contribution in [0.1, 0.15) is 55.8 Å². The number of benzene rings is 1. The van der Waals surface area contributed by atoms with Gasteiger partial charge in [-0.3, -0.25) is 4.79 Å². The van der Waals surface area contributed by atoms with Crippen molar-refractivity contribution in [1.82, 2.24) is 9.97 Å². The van der Waals surface area contributed by atoms with E-state index in [9.17, 15) is 9.59 Å². The summed E-state index contributed by atoms with van der Waals surface area (Å²) >= 11 is 0. The number of aromatic nitrogens is 2. The highest BCUT2D eigenvalue weighted by Gasteiger charge is 2.32. The molecule has 0 saturated heterocycles. The van der Waals surface area contributed by atoms with E-state index in [2.05, 4.69) is 27.4 Å². The zero-order chi connectivity index (χ0) is 20.4. The number of nitrogens with one attached hydrogen (secondary N) is 2. The number of hydrogen-bond donors (Lipinski definition) is 3. The zero-order valence-electron chi connectivity index (χ0n) is 16.4. The van der Waals surface area contributed by atoms with Crippen molar-refractivity contribution in [2.45, 2.75) is 57.5 Å². The number of anilines is 4. The minimum absolute atomic E-state index is 0.0226. The molecular formula is C21H25N5O3. The first-order valence-electron chi connectivity index (χ1n) is 10.1. The third-order valence-electron chi connectivity index (χ3n) is 5.60. The highest BCUT2D eigenvalue weighted by molar-refractivity contribution is 5.96. The van der Waals surface area contributed by atoms with Crippen LogP contribution in [0, 0.1) is 0 Å². The van der Waals surface area contributed by atoms with Crippen LogP contribution in [0.3, 0.4) is 0 Å². The summed E-state index contributed by atoms with van der Waals surface area (Å²) in [4.78, 5) is 34.7. The lowest BCUT2D eigenvalue weighted by Crippen LogP contribution is -2.43. The van der Waals surface area contributed by atoms with E-state index in [0.717, 1.165) is 18.7 Å². The highest BCUT2D eigenvalue weighted by Crippen LogP contribution is 2.36. The van der Waals surface area contributed by atoms with Crippen molar-refractivity contribution >= 4 is 35.0 Å². The van der Waals surface area contributed by atoms with Gasteiger partial charge in [-0.15, -0.1) is 0 Å². The van der Waals surface area contributed by atoms with Gasteiger partial charge in [0, 0.05) is 24.2 Å². The standard InChI is InChI=1S/C21H25N5O3/c1-13-11-18(27)24-17-12-22-21(23-15-9-7-14(8-10-15)20(28)29)25-19(17)26(13)16-5-3-2-4-6-16/h7-10,12-13,16H,2-6,11H2,1H3,(H,24,27)(H,28,29)(H,22,23,25). The summed E-state index contributed by atoms with van der Waals surface area (Å²) < 4.78 is 0. The molecule has 4 rings (SSSR count). The molecule has 1 saturated carbocycles. The third kappa shape index (κ3) is 4.16. The molecule has 1 aromatic carbocycles. The number of hydrogen-bond acceptors (Lipinski definition) is 6. The van der Waals surface area contributed by atoms with E-state index in [1.807, 2.05) is 0 Å². The molecule has 8 heteroatoms. The van der Waals surface area contributed by atoms with Crippen LogP contribution in [0.4, 0.5) is 23.1 Å². The molecule has 0 radical (unpaired) electrons. The molecule has 0 spiro atoms. The van der Waals surface area contributed by atoms with Crippen LogP contribution in [-0.4, -0.2) is 39.0 Å². The largest absolute Gasteiger partial charge is 0.478 e. The minimum atomic E-state index is -0.967. The van der Waals surface area contributed by atoms with Crippen LogP contribution in [0.5, 0.6) is 0 Å². The van der Waals surface area contributed by atoms with Crippen molar-refractivity contribution in [1.29, 1.82) is 0 Å². The van der Waals surface area contributed by atoms with Crippen LogP contribution in [0.2, 0.25) is 0 Å². The van der Waals surface area contributed by atoms with E-state index in [1.165, 1.54) is 31.4 Å². The molecular weight excluding hydrogens is 370 g/mol. The molecule has 1 aliphatic heterocycles. The molecule has 1 amide bonds. The van der Waals surface area contributed by atoms with Gasteiger partial charge in [-0.05, 0) is 44.0 Å². The van der Waals surface area contributed by atoms with Crippen molar-refractivity contribution < 1.29 is 14.7 Å². The molecule has 2 heterocycles. The first kappa shape index (κ1) is 19.2. The second-order valence-electron chi connectivity index (χ2n) is 7.74. The highest BCUT2D eigenvalue weighted by atomic mass is 16.4. The second-order valence-corrected chi connectivity index (χ2v) is 7.74. The average molecular weight is 395 g/mol. The normalized spacial score (nSPS) is 19.8. The summed E-state index contributed by atoms with van der Waals surface area (Å²) in [5.41, 5.74) is 1.56. The maximum Gasteiger partial charge on any atom is 0.335 e. The molecule has 1 atom stereocenters. The van der Waals surface area contributed by atoms with Crippen LogP contribution >= 0.6 is 0 Å². The first-order valence-corrected chi connectivity index (χ1v) is 10.1. The number of carbonyl (C=O) groups excluding carboxylic acids is 1. The predicted molar refractivity (Wildman–Crippen MR) is 111 cm³/mol. The number of carbonyl (C=O) groups is 2. The van der Waals surface area contributed by atoms with Crippen molar-refractivity contribution in [2.75, 3.05) is 15.5 Å². The number of nitrogens with zero attached hydrogens (tertiary/aromatic N) is 3. The molecule has 152 valence electrons. The zero-order valence-corrected chi connectivity index (χ0v) is 16.4. The Morgan fingerprint density at radius 3 is 2.62 bits per heavy atom. The fourth-order valence-corrected chi connectivity index (χ4v) is 4.21. The van der Waals surface area contributed by atoms with Gasteiger partial charge in [-0.2, -0.15) is 4.98 Å². The minimum Gasteiger partial charge on any atom is -0.478 e. The summed E-state index contributed by atoms with van der Waals surface area (Å²) in [5.74, 6) is 0.169. The summed E-state index contributed by atoms with van der Waals surface area (Å²) in [5, 5.41) is 15.1. The Kier molecular flexibility index (Phi) is 5.33. The van der Waals surface area contributed by atoms with Gasteiger partial charge in [-0.1, -0.05) is 19.3 Å². The lowest BCUT2D eigenvalue weighted by molar-refractivity contribution is -0.116. The third-order valence-corrected chi connectivity index (χ3v) is 5.60. The smallest absolute Gasteiger partial charge is 0.335 e. The quantitative estimate of drug-likeness (QED) is 0.723. The molecule has 0 bridgehead atoms. The van der Waals surface area contributed by atoms with Crippen LogP contribution in [0.15, 0.2) is 30.5 Å². The second kappa shape index (κ2) is 8.06.